The summed E-state index contributed by atoms with van der Waals surface area (Å²) in [4.78, 5) is 15.1. The third-order valence-electron chi connectivity index (χ3n) is 2.46. The van der Waals surface area contributed by atoms with Crippen LogP contribution in [-0.2, 0) is 0 Å². The highest BCUT2D eigenvalue weighted by atomic mass is 16.5. The molecule has 0 atom stereocenters. The number of aromatic amines is 1. The summed E-state index contributed by atoms with van der Waals surface area (Å²) in [6.07, 6.45) is 3.55. The Balaban J connectivity index is 2.38. The van der Waals surface area contributed by atoms with E-state index in [4.69, 9.17) is 10.5 Å². The number of aromatic nitrogens is 4. The Hall–Kier alpha value is -1.85. The minimum Gasteiger partial charge on any atom is -0.473 e. The fraction of sp³-hybridized carbons (Fsp3) is 0.500. The number of ether oxygens (including phenoxy) is 1. The van der Waals surface area contributed by atoms with Gasteiger partial charge in [-0.2, -0.15) is 9.97 Å². The van der Waals surface area contributed by atoms with E-state index in [2.05, 4.69) is 33.8 Å². The van der Waals surface area contributed by atoms with Crippen LogP contribution in [0, 0.1) is 0 Å². The largest absolute Gasteiger partial charge is 0.473 e. The van der Waals surface area contributed by atoms with Gasteiger partial charge in [-0.1, -0.05) is 13.8 Å². The van der Waals surface area contributed by atoms with E-state index < -0.39 is 0 Å². The van der Waals surface area contributed by atoms with Crippen LogP contribution in [0.5, 0.6) is 5.88 Å². The molecule has 0 aliphatic rings. The maximum absolute atomic E-state index is 5.76. The average Bonchev–Trinajstić information content (AvgIpc) is 2.73. The monoisotopic (exact) mass is 221 g/mol. The quantitative estimate of drug-likeness (QED) is 0.816. The molecule has 2 heterocycles. The van der Waals surface area contributed by atoms with Crippen molar-refractivity contribution >= 4 is 17.1 Å². The van der Waals surface area contributed by atoms with Crippen molar-refractivity contribution in [2.24, 2.45) is 0 Å². The van der Waals surface area contributed by atoms with Gasteiger partial charge in [-0.3, -0.25) is 0 Å². The van der Waals surface area contributed by atoms with Crippen LogP contribution in [0.2, 0.25) is 0 Å². The number of anilines is 1. The zero-order valence-corrected chi connectivity index (χ0v) is 9.40. The Morgan fingerprint density at radius 2 is 2.12 bits per heavy atom. The van der Waals surface area contributed by atoms with Crippen LogP contribution < -0.4 is 10.5 Å². The molecule has 2 rings (SSSR count). The molecular weight excluding hydrogens is 206 g/mol. The van der Waals surface area contributed by atoms with Gasteiger partial charge in [0.1, 0.15) is 11.6 Å². The van der Waals surface area contributed by atoms with Crippen molar-refractivity contribution in [1.29, 1.82) is 0 Å². The van der Waals surface area contributed by atoms with Crippen LogP contribution in [0.15, 0.2) is 6.33 Å². The van der Waals surface area contributed by atoms with Gasteiger partial charge in [0.05, 0.1) is 6.33 Å². The molecular formula is C10H15N5O. The van der Waals surface area contributed by atoms with Crippen molar-refractivity contribution in [3.05, 3.63) is 6.33 Å². The zero-order chi connectivity index (χ0) is 11.5. The van der Waals surface area contributed by atoms with Gasteiger partial charge in [0.25, 0.3) is 0 Å². The van der Waals surface area contributed by atoms with Gasteiger partial charge >= 0.3 is 0 Å². The van der Waals surface area contributed by atoms with Crippen LogP contribution in [0.3, 0.4) is 0 Å². The highest BCUT2D eigenvalue weighted by Crippen LogP contribution is 2.21. The SMILES string of the molecule is CCC(CC)Oc1nc(N)nc2nc[nH]c12. The maximum Gasteiger partial charge on any atom is 0.245 e. The number of hydrogen-bond acceptors (Lipinski definition) is 5. The molecule has 0 amide bonds. The van der Waals surface area contributed by atoms with Crippen molar-refractivity contribution < 1.29 is 4.74 Å². The first-order chi connectivity index (χ1) is 7.74. The first-order valence-electron chi connectivity index (χ1n) is 5.37. The second-order valence-electron chi connectivity index (χ2n) is 3.54. The molecule has 6 heteroatoms. The van der Waals surface area contributed by atoms with E-state index in [9.17, 15) is 0 Å². The lowest BCUT2D eigenvalue weighted by Gasteiger charge is -2.14. The topological polar surface area (TPSA) is 89.7 Å². The van der Waals surface area contributed by atoms with Crippen molar-refractivity contribution in [3.63, 3.8) is 0 Å². The molecule has 0 radical (unpaired) electrons. The standard InChI is InChI=1S/C10H15N5O/c1-3-6(4-2)16-9-7-8(13-5-12-7)14-10(11)15-9/h5-6H,3-4H2,1-2H3,(H3,11,12,13,14,15). The number of imidazole rings is 1. The molecule has 86 valence electrons. The van der Waals surface area contributed by atoms with Crippen molar-refractivity contribution in [2.75, 3.05) is 5.73 Å². The van der Waals surface area contributed by atoms with Crippen LogP contribution in [0.25, 0.3) is 11.2 Å². The second kappa shape index (κ2) is 4.34. The van der Waals surface area contributed by atoms with E-state index in [1.54, 1.807) is 6.33 Å². The van der Waals surface area contributed by atoms with Gasteiger partial charge in [0.2, 0.25) is 11.8 Å². The smallest absolute Gasteiger partial charge is 0.245 e. The number of H-pyrrole nitrogens is 1. The minimum absolute atomic E-state index is 0.140. The molecule has 0 aliphatic carbocycles. The number of nitrogen functional groups attached to an aromatic ring is 1. The lowest BCUT2D eigenvalue weighted by Crippen LogP contribution is -2.15. The summed E-state index contributed by atoms with van der Waals surface area (Å²) in [5, 5.41) is 0. The predicted octanol–water partition coefficient (Wildman–Crippen LogP) is 1.50. The summed E-state index contributed by atoms with van der Waals surface area (Å²) in [6.45, 7) is 4.14. The van der Waals surface area contributed by atoms with Crippen molar-refractivity contribution in [2.45, 2.75) is 32.8 Å². The number of nitrogens with two attached hydrogens (primary N) is 1. The van der Waals surface area contributed by atoms with Crippen molar-refractivity contribution in [3.8, 4) is 5.88 Å². The predicted molar refractivity (Wildman–Crippen MR) is 61.1 cm³/mol. The lowest BCUT2D eigenvalue weighted by molar-refractivity contribution is 0.187. The first-order valence-corrected chi connectivity index (χ1v) is 5.37. The Labute approximate surface area is 93.3 Å². The van der Waals surface area contributed by atoms with Crippen LogP contribution in [0.1, 0.15) is 26.7 Å². The molecule has 3 N–H and O–H groups in total. The molecule has 2 aromatic rings. The third-order valence-corrected chi connectivity index (χ3v) is 2.46. The molecule has 0 spiro atoms. The van der Waals surface area contributed by atoms with E-state index in [1.807, 2.05) is 0 Å². The average molecular weight is 221 g/mol. The van der Waals surface area contributed by atoms with Crippen LogP contribution >= 0.6 is 0 Å². The highest BCUT2D eigenvalue weighted by Gasteiger charge is 2.13. The van der Waals surface area contributed by atoms with E-state index in [0.717, 1.165) is 12.8 Å². The first kappa shape index (κ1) is 10.7. The molecule has 16 heavy (non-hydrogen) atoms. The van der Waals surface area contributed by atoms with Gasteiger partial charge in [-0.05, 0) is 12.8 Å². The Morgan fingerprint density at radius 1 is 1.38 bits per heavy atom. The molecule has 0 unspecified atom stereocenters. The number of nitrogens with one attached hydrogen (secondary N) is 1. The summed E-state index contributed by atoms with van der Waals surface area (Å²) in [5.41, 5.74) is 6.82. The van der Waals surface area contributed by atoms with Crippen molar-refractivity contribution in [1.82, 2.24) is 19.9 Å². The molecule has 0 aromatic carbocycles. The Bertz CT molecular complexity index is 477. The molecule has 2 aromatic heterocycles. The zero-order valence-electron chi connectivity index (χ0n) is 9.40. The summed E-state index contributed by atoms with van der Waals surface area (Å²) < 4.78 is 5.76. The molecule has 0 saturated carbocycles. The number of nitrogens with zero attached hydrogens (tertiary/aromatic N) is 3. The molecule has 6 nitrogen and oxygen atoms in total. The highest BCUT2D eigenvalue weighted by molar-refractivity contribution is 5.76. The third kappa shape index (κ3) is 1.91. The normalized spacial score (nSPS) is 11.2. The van der Waals surface area contributed by atoms with Gasteiger partial charge in [0, 0.05) is 0 Å². The fourth-order valence-electron chi connectivity index (χ4n) is 1.52. The van der Waals surface area contributed by atoms with E-state index in [1.165, 1.54) is 0 Å². The molecule has 0 fully saturated rings. The fourth-order valence-corrected chi connectivity index (χ4v) is 1.52. The van der Waals surface area contributed by atoms with Crippen LogP contribution in [-0.4, -0.2) is 26.0 Å². The van der Waals surface area contributed by atoms with Gasteiger partial charge in [-0.25, -0.2) is 4.98 Å². The Morgan fingerprint density at radius 3 is 2.81 bits per heavy atom. The lowest BCUT2D eigenvalue weighted by atomic mass is 10.2. The summed E-state index contributed by atoms with van der Waals surface area (Å²) in [6, 6.07) is 0. The molecule has 0 bridgehead atoms. The minimum atomic E-state index is 0.140. The molecule has 0 aliphatic heterocycles. The van der Waals surface area contributed by atoms with Gasteiger partial charge in [-0.15, -0.1) is 0 Å². The summed E-state index contributed by atoms with van der Waals surface area (Å²) >= 11 is 0. The second-order valence-corrected chi connectivity index (χ2v) is 3.54. The van der Waals surface area contributed by atoms with E-state index in [-0.39, 0.29) is 12.1 Å². The van der Waals surface area contributed by atoms with E-state index in [0.29, 0.717) is 17.0 Å². The molecule has 0 saturated heterocycles. The summed E-state index contributed by atoms with van der Waals surface area (Å²) in [5.74, 6) is 0.661. The Kier molecular flexibility index (Phi) is 2.89. The van der Waals surface area contributed by atoms with Crippen LogP contribution in [0.4, 0.5) is 5.95 Å². The van der Waals surface area contributed by atoms with E-state index >= 15 is 0 Å². The number of hydrogen-bond donors (Lipinski definition) is 2. The number of fused-ring (bicyclic) bond motifs is 1. The van der Waals surface area contributed by atoms with Gasteiger partial charge < -0.3 is 15.5 Å². The maximum atomic E-state index is 5.76. The van der Waals surface area contributed by atoms with Gasteiger partial charge in [0.15, 0.2) is 5.65 Å². The number of rotatable bonds is 4. The summed E-state index contributed by atoms with van der Waals surface area (Å²) in [7, 11) is 0.